The van der Waals surface area contributed by atoms with Gasteiger partial charge >= 0.3 is 7.12 Å². The topological polar surface area (TPSA) is 60.8 Å². The molecule has 0 saturated carbocycles. The van der Waals surface area contributed by atoms with E-state index in [2.05, 4.69) is 13.8 Å². The average Bonchev–Trinajstić information content (AvgIpc) is 2.50. The van der Waals surface area contributed by atoms with Crippen molar-refractivity contribution >= 4 is 24.2 Å². The molecule has 1 heterocycles. The van der Waals surface area contributed by atoms with E-state index in [1.54, 1.807) is 17.0 Å². The van der Waals surface area contributed by atoms with E-state index in [1.807, 2.05) is 6.07 Å². The molecule has 17 heavy (non-hydrogen) atoms. The maximum Gasteiger partial charge on any atom is 0.488 e. The molecule has 0 fully saturated rings. The van der Waals surface area contributed by atoms with Gasteiger partial charge < -0.3 is 14.9 Å². The summed E-state index contributed by atoms with van der Waals surface area (Å²) in [5.74, 6) is -0.0265. The monoisotopic (exact) mass is 233 g/mol. The van der Waals surface area contributed by atoms with Gasteiger partial charge in [0.1, 0.15) is 0 Å². The van der Waals surface area contributed by atoms with Gasteiger partial charge in [-0.1, -0.05) is 26.0 Å². The summed E-state index contributed by atoms with van der Waals surface area (Å²) in [5.41, 5.74) is 2.16. The highest BCUT2D eigenvalue weighted by atomic mass is 16.4. The first-order valence-electron chi connectivity index (χ1n) is 5.61. The molecular formula is C12H16BNO3. The largest absolute Gasteiger partial charge is 0.488 e. The van der Waals surface area contributed by atoms with Crippen LogP contribution < -0.4 is 10.4 Å². The van der Waals surface area contributed by atoms with E-state index in [4.69, 9.17) is 10.0 Å². The molecule has 1 aromatic rings. The first-order valence-corrected chi connectivity index (χ1v) is 5.61. The number of amides is 1. The van der Waals surface area contributed by atoms with Crippen LogP contribution in [0.3, 0.4) is 0 Å². The van der Waals surface area contributed by atoms with E-state index in [0.29, 0.717) is 12.0 Å². The predicted molar refractivity (Wildman–Crippen MR) is 67.3 cm³/mol. The fraction of sp³-hybridized carbons (Fsp3) is 0.417. The van der Waals surface area contributed by atoms with Gasteiger partial charge in [-0.15, -0.1) is 0 Å². The molecule has 1 amide bonds. The molecule has 2 rings (SSSR count). The van der Waals surface area contributed by atoms with Crippen molar-refractivity contribution in [2.24, 2.45) is 0 Å². The molecule has 0 spiro atoms. The zero-order valence-corrected chi connectivity index (χ0v) is 10.3. The summed E-state index contributed by atoms with van der Waals surface area (Å²) < 4.78 is 0. The molecule has 5 heteroatoms. The van der Waals surface area contributed by atoms with Crippen LogP contribution in [-0.4, -0.2) is 29.6 Å². The third kappa shape index (κ3) is 1.96. The summed E-state index contributed by atoms with van der Waals surface area (Å²) in [7, 11) is -1.50. The number of benzene rings is 1. The van der Waals surface area contributed by atoms with Gasteiger partial charge in [-0.25, -0.2) is 0 Å². The predicted octanol–water partition coefficient (Wildman–Crippen LogP) is 0.0105. The molecule has 0 radical (unpaired) electrons. The average molecular weight is 233 g/mol. The summed E-state index contributed by atoms with van der Waals surface area (Å²) >= 11 is 0. The Kier molecular flexibility index (Phi) is 2.75. The summed E-state index contributed by atoms with van der Waals surface area (Å²) in [6, 6.07) is 5.23. The molecular weight excluding hydrogens is 217 g/mol. The molecule has 1 aliphatic heterocycles. The fourth-order valence-corrected chi connectivity index (χ4v) is 2.35. The van der Waals surface area contributed by atoms with Gasteiger partial charge in [0.15, 0.2) is 0 Å². The highest BCUT2D eigenvalue weighted by Crippen LogP contribution is 2.39. The van der Waals surface area contributed by atoms with Crippen LogP contribution in [-0.2, 0) is 10.2 Å². The third-order valence-corrected chi connectivity index (χ3v) is 3.27. The zero-order valence-electron chi connectivity index (χ0n) is 10.3. The lowest BCUT2D eigenvalue weighted by Gasteiger charge is -2.19. The standard InChI is InChI=1S/C12H16BNO3/c1-8(15)14-7-12(2,3)10-5-4-9(13(16)17)6-11(10)14/h4-6,16-17H,7H2,1-3H3. The number of rotatable bonds is 1. The Morgan fingerprint density at radius 1 is 1.41 bits per heavy atom. The Morgan fingerprint density at radius 2 is 2.06 bits per heavy atom. The van der Waals surface area contributed by atoms with E-state index in [9.17, 15) is 4.79 Å². The van der Waals surface area contributed by atoms with Gasteiger partial charge in [-0.05, 0) is 17.1 Å². The Labute approximate surface area is 101 Å². The van der Waals surface area contributed by atoms with Crippen LogP contribution in [0.1, 0.15) is 26.3 Å². The zero-order chi connectivity index (χ0) is 12.8. The molecule has 0 bridgehead atoms. The minimum atomic E-state index is -1.50. The van der Waals surface area contributed by atoms with Crippen LogP contribution in [0, 0.1) is 0 Å². The van der Waals surface area contributed by atoms with Crippen molar-refractivity contribution < 1.29 is 14.8 Å². The molecule has 2 N–H and O–H groups in total. The van der Waals surface area contributed by atoms with Crippen LogP contribution in [0.2, 0.25) is 0 Å². The van der Waals surface area contributed by atoms with Crippen molar-refractivity contribution in [2.75, 3.05) is 11.4 Å². The van der Waals surface area contributed by atoms with Crippen LogP contribution in [0.15, 0.2) is 18.2 Å². The number of nitrogens with zero attached hydrogens (tertiary/aromatic N) is 1. The number of hydrogen-bond acceptors (Lipinski definition) is 3. The summed E-state index contributed by atoms with van der Waals surface area (Å²) in [6.07, 6.45) is 0. The van der Waals surface area contributed by atoms with Gasteiger partial charge in [-0.2, -0.15) is 0 Å². The van der Waals surface area contributed by atoms with Crippen LogP contribution >= 0.6 is 0 Å². The Bertz CT molecular complexity index is 471. The lowest BCUT2D eigenvalue weighted by Crippen LogP contribution is -2.33. The van der Waals surface area contributed by atoms with Crippen molar-refractivity contribution in [3.8, 4) is 0 Å². The van der Waals surface area contributed by atoms with E-state index in [1.165, 1.54) is 6.92 Å². The lowest BCUT2D eigenvalue weighted by atomic mass is 9.78. The van der Waals surface area contributed by atoms with Crippen molar-refractivity contribution in [3.63, 3.8) is 0 Å². The van der Waals surface area contributed by atoms with Gasteiger partial charge in [-0.3, -0.25) is 4.79 Å². The quantitative estimate of drug-likeness (QED) is 0.672. The number of fused-ring (bicyclic) bond motifs is 1. The van der Waals surface area contributed by atoms with Crippen LogP contribution in [0.5, 0.6) is 0 Å². The highest BCUT2D eigenvalue weighted by molar-refractivity contribution is 6.58. The molecule has 0 aliphatic carbocycles. The van der Waals surface area contributed by atoms with Crippen molar-refractivity contribution in [2.45, 2.75) is 26.2 Å². The van der Waals surface area contributed by atoms with Gasteiger partial charge in [0.25, 0.3) is 0 Å². The molecule has 0 unspecified atom stereocenters. The molecule has 1 aliphatic rings. The second-order valence-electron chi connectivity index (χ2n) is 5.14. The van der Waals surface area contributed by atoms with E-state index >= 15 is 0 Å². The van der Waals surface area contributed by atoms with Gasteiger partial charge in [0.2, 0.25) is 5.91 Å². The number of carbonyl (C=O) groups is 1. The van der Waals surface area contributed by atoms with Crippen molar-refractivity contribution in [1.29, 1.82) is 0 Å². The third-order valence-electron chi connectivity index (χ3n) is 3.27. The number of carbonyl (C=O) groups excluding carboxylic acids is 1. The SMILES string of the molecule is CC(=O)N1CC(C)(C)c2ccc(B(O)O)cc21. The summed E-state index contributed by atoms with van der Waals surface area (Å²) in [6.45, 7) is 6.30. The Morgan fingerprint density at radius 3 is 2.59 bits per heavy atom. The summed E-state index contributed by atoms with van der Waals surface area (Å²) in [4.78, 5) is 13.3. The van der Waals surface area contributed by atoms with Crippen LogP contribution in [0.4, 0.5) is 5.69 Å². The number of hydrogen-bond donors (Lipinski definition) is 2. The van der Waals surface area contributed by atoms with Crippen molar-refractivity contribution in [3.05, 3.63) is 23.8 Å². The first kappa shape index (κ1) is 12.1. The lowest BCUT2D eigenvalue weighted by molar-refractivity contribution is -0.116. The van der Waals surface area contributed by atoms with Crippen LogP contribution in [0.25, 0.3) is 0 Å². The molecule has 4 nitrogen and oxygen atoms in total. The Balaban J connectivity index is 2.55. The first-order chi connectivity index (χ1) is 7.83. The minimum absolute atomic E-state index is 0.0265. The molecule has 0 atom stereocenters. The van der Waals surface area contributed by atoms with E-state index in [-0.39, 0.29) is 11.3 Å². The number of anilines is 1. The van der Waals surface area contributed by atoms with E-state index < -0.39 is 7.12 Å². The second kappa shape index (κ2) is 3.86. The smallest absolute Gasteiger partial charge is 0.423 e. The van der Waals surface area contributed by atoms with Gasteiger partial charge in [0, 0.05) is 24.6 Å². The molecule has 0 aromatic heterocycles. The molecule has 90 valence electrons. The minimum Gasteiger partial charge on any atom is -0.423 e. The fourth-order valence-electron chi connectivity index (χ4n) is 2.35. The van der Waals surface area contributed by atoms with Crippen molar-refractivity contribution in [1.82, 2.24) is 0 Å². The summed E-state index contributed by atoms with van der Waals surface area (Å²) in [5, 5.41) is 18.3. The molecule has 0 saturated heterocycles. The molecule has 1 aromatic carbocycles. The highest BCUT2D eigenvalue weighted by Gasteiger charge is 2.37. The van der Waals surface area contributed by atoms with E-state index in [0.717, 1.165) is 11.3 Å². The maximum absolute atomic E-state index is 11.6. The Hall–Kier alpha value is -1.33. The second-order valence-corrected chi connectivity index (χ2v) is 5.14. The van der Waals surface area contributed by atoms with Gasteiger partial charge in [0.05, 0.1) is 0 Å². The normalized spacial score (nSPS) is 16.9. The maximum atomic E-state index is 11.6.